The molecule has 2 aliphatic rings. The van der Waals surface area contributed by atoms with E-state index in [0.717, 1.165) is 6.54 Å². The van der Waals surface area contributed by atoms with E-state index < -0.39 is 0 Å². The van der Waals surface area contributed by atoms with Crippen LogP contribution in [0.1, 0.15) is 30.4 Å². The van der Waals surface area contributed by atoms with E-state index in [1.54, 1.807) is 11.1 Å². The quantitative estimate of drug-likeness (QED) is 0.724. The lowest BCUT2D eigenvalue weighted by Gasteiger charge is -2.21. The molecule has 0 unspecified atom stereocenters. The summed E-state index contributed by atoms with van der Waals surface area (Å²) in [4.78, 5) is 0. The van der Waals surface area contributed by atoms with Crippen molar-refractivity contribution >= 4 is 17.3 Å². The lowest BCUT2D eigenvalue weighted by molar-refractivity contribution is 0.902. The average Bonchev–Trinajstić information content (AvgIpc) is 2.76. The van der Waals surface area contributed by atoms with Crippen molar-refractivity contribution in [3.8, 4) is 0 Å². The Balaban J connectivity index is 2.13. The minimum absolute atomic E-state index is 1.04. The molecule has 15 heavy (non-hydrogen) atoms. The van der Waals surface area contributed by atoms with E-state index in [2.05, 4.69) is 30.1 Å². The predicted molar refractivity (Wildman–Crippen MR) is 65.8 cm³/mol. The van der Waals surface area contributed by atoms with Gasteiger partial charge in [0, 0.05) is 17.8 Å². The van der Waals surface area contributed by atoms with Crippen LogP contribution in [0.4, 0.5) is 5.69 Å². The Morgan fingerprint density at radius 2 is 2.20 bits per heavy atom. The largest absolute Gasteiger partial charge is 0.381 e. The van der Waals surface area contributed by atoms with Gasteiger partial charge < -0.3 is 5.32 Å². The zero-order valence-electron chi connectivity index (χ0n) is 8.84. The van der Waals surface area contributed by atoms with Gasteiger partial charge in [0.15, 0.2) is 0 Å². The van der Waals surface area contributed by atoms with Crippen molar-refractivity contribution in [3.63, 3.8) is 0 Å². The summed E-state index contributed by atoms with van der Waals surface area (Å²) in [7, 11) is 0. The van der Waals surface area contributed by atoms with Crippen molar-refractivity contribution in [2.24, 2.45) is 0 Å². The number of hydrogen-bond donors (Lipinski definition) is 1. The molecule has 0 atom stereocenters. The summed E-state index contributed by atoms with van der Waals surface area (Å²) < 4.78 is 0. The highest BCUT2D eigenvalue weighted by Gasteiger charge is 2.22. The van der Waals surface area contributed by atoms with E-state index in [4.69, 9.17) is 0 Å². The lowest BCUT2D eigenvalue weighted by atomic mass is 9.95. The van der Waals surface area contributed by atoms with Crippen molar-refractivity contribution in [2.45, 2.75) is 19.3 Å². The van der Waals surface area contributed by atoms with Crippen molar-refractivity contribution in [3.05, 3.63) is 41.5 Å². The molecule has 0 bridgehead atoms. The van der Waals surface area contributed by atoms with Gasteiger partial charge in [0.2, 0.25) is 0 Å². The van der Waals surface area contributed by atoms with Crippen molar-refractivity contribution in [1.82, 2.24) is 0 Å². The molecule has 0 radical (unpaired) electrons. The van der Waals surface area contributed by atoms with Crippen molar-refractivity contribution < 1.29 is 0 Å². The van der Waals surface area contributed by atoms with E-state index in [-0.39, 0.29) is 0 Å². The molecule has 0 spiro atoms. The number of hydrogen-bond acceptors (Lipinski definition) is 1. The van der Waals surface area contributed by atoms with Gasteiger partial charge in [-0.2, -0.15) is 0 Å². The second-order valence-electron chi connectivity index (χ2n) is 4.30. The Bertz CT molecular complexity index is 454. The van der Waals surface area contributed by atoms with Gasteiger partial charge in [-0.1, -0.05) is 24.8 Å². The SMILES string of the molecule is C=Cc1ccc2c(c1)NCC1=C2CCC1. The highest BCUT2D eigenvalue weighted by molar-refractivity contribution is 5.84. The Labute approximate surface area is 90.5 Å². The van der Waals surface area contributed by atoms with Crippen LogP contribution in [0.3, 0.4) is 0 Å². The summed E-state index contributed by atoms with van der Waals surface area (Å²) >= 11 is 0. The zero-order valence-corrected chi connectivity index (χ0v) is 8.84. The lowest BCUT2D eigenvalue weighted by Crippen LogP contribution is -2.11. The van der Waals surface area contributed by atoms with Crippen LogP contribution in [0.15, 0.2) is 30.4 Å². The fourth-order valence-electron chi connectivity index (χ4n) is 2.63. The van der Waals surface area contributed by atoms with Crippen LogP contribution in [-0.4, -0.2) is 6.54 Å². The molecule has 0 fully saturated rings. The molecule has 0 saturated heterocycles. The molecule has 1 aliphatic carbocycles. The summed E-state index contributed by atoms with van der Waals surface area (Å²) in [5.74, 6) is 0. The molecule has 1 aliphatic heterocycles. The number of fused-ring (bicyclic) bond motifs is 2. The van der Waals surface area contributed by atoms with Gasteiger partial charge in [-0.3, -0.25) is 0 Å². The van der Waals surface area contributed by atoms with Crippen LogP contribution in [-0.2, 0) is 0 Å². The molecule has 0 saturated carbocycles. The molecule has 1 heterocycles. The third-order valence-electron chi connectivity index (χ3n) is 3.43. The minimum Gasteiger partial charge on any atom is -0.381 e. The van der Waals surface area contributed by atoms with Gasteiger partial charge in [-0.25, -0.2) is 0 Å². The molecule has 1 aromatic carbocycles. The average molecular weight is 197 g/mol. The van der Waals surface area contributed by atoms with Gasteiger partial charge in [0.05, 0.1) is 0 Å². The maximum atomic E-state index is 3.81. The summed E-state index contributed by atoms with van der Waals surface area (Å²) in [6.45, 7) is 4.85. The molecule has 0 aromatic heterocycles. The van der Waals surface area contributed by atoms with Crippen LogP contribution >= 0.6 is 0 Å². The van der Waals surface area contributed by atoms with Gasteiger partial charge in [0.1, 0.15) is 0 Å². The first-order valence-electron chi connectivity index (χ1n) is 5.60. The molecular weight excluding hydrogens is 182 g/mol. The van der Waals surface area contributed by atoms with Crippen LogP contribution in [0.2, 0.25) is 0 Å². The normalized spacial score (nSPS) is 18.1. The van der Waals surface area contributed by atoms with E-state index in [1.165, 1.54) is 36.1 Å². The second-order valence-corrected chi connectivity index (χ2v) is 4.30. The first kappa shape index (κ1) is 8.78. The standard InChI is InChI=1S/C14H15N/c1-2-10-6-7-13-12-5-3-4-11(12)9-15-14(13)8-10/h2,6-8,15H,1,3-5,9H2. The number of rotatable bonds is 1. The monoisotopic (exact) mass is 197 g/mol. The molecule has 1 nitrogen and oxygen atoms in total. The summed E-state index contributed by atoms with van der Waals surface area (Å²) in [5.41, 5.74) is 7.11. The molecular formula is C14H15N. The Morgan fingerprint density at radius 1 is 1.27 bits per heavy atom. The smallest absolute Gasteiger partial charge is 0.0425 e. The molecule has 3 rings (SSSR count). The first-order valence-corrected chi connectivity index (χ1v) is 5.60. The zero-order chi connectivity index (χ0) is 10.3. The number of anilines is 1. The fourth-order valence-corrected chi connectivity index (χ4v) is 2.63. The molecule has 76 valence electrons. The van der Waals surface area contributed by atoms with Crippen LogP contribution in [0, 0.1) is 0 Å². The van der Waals surface area contributed by atoms with Gasteiger partial charge >= 0.3 is 0 Å². The molecule has 1 aromatic rings. The van der Waals surface area contributed by atoms with Crippen LogP contribution in [0.5, 0.6) is 0 Å². The maximum Gasteiger partial charge on any atom is 0.0425 e. The Kier molecular flexibility index (Phi) is 1.91. The first-order chi connectivity index (χ1) is 7.38. The molecule has 1 N–H and O–H groups in total. The van der Waals surface area contributed by atoms with Gasteiger partial charge in [-0.05, 0) is 42.0 Å². The highest BCUT2D eigenvalue weighted by Crippen LogP contribution is 2.40. The predicted octanol–water partition coefficient (Wildman–Crippen LogP) is 3.69. The van der Waals surface area contributed by atoms with E-state index in [1.807, 2.05) is 6.08 Å². The topological polar surface area (TPSA) is 12.0 Å². The van der Waals surface area contributed by atoms with E-state index in [0.29, 0.717) is 0 Å². The summed E-state index contributed by atoms with van der Waals surface area (Å²) in [6.07, 6.45) is 5.78. The van der Waals surface area contributed by atoms with Crippen LogP contribution in [0.25, 0.3) is 11.6 Å². The molecule has 0 amide bonds. The van der Waals surface area contributed by atoms with E-state index in [9.17, 15) is 0 Å². The number of benzene rings is 1. The van der Waals surface area contributed by atoms with Crippen molar-refractivity contribution in [2.75, 3.05) is 11.9 Å². The highest BCUT2D eigenvalue weighted by atomic mass is 14.9. The van der Waals surface area contributed by atoms with E-state index >= 15 is 0 Å². The summed E-state index contributed by atoms with van der Waals surface area (Å²) in [6, 6.07) is 6.59. The third-order valence-corrected chi connectivity index (χ3v) is 3.43. The Hall–Kier alpha value is -1.50. The van der Waals surface area contributed by atoms with Gasteiger partial charge in [-0.15, -0.1) is 0 Å². The van der Waals surface area contributed by atoms with Crippen molar-refractivity contribution in [1.29, 1.82) is 0 Å². The minimum atomic E-state index is 1.04. The fraction of sp³-hybridized carbons (Fsp3) is 0.286. The number of allylic oxidation sites excluding steroid dienone is 1. The Morgan fingerprint density at radius 3 is 3.07 bits per heavy atom. The third kappa shape index (κ3) is 1.30. The maximum absolute atomic E-state index is 3.81. The molecule has 1 heteroatoms. The second kappa shape index (κ2) is 3.27. The summed E-state index contributed by atoms with van der Waals surface area (Å²) in [5, 5.41) is 3.50. The van der Waals surface area contributed by atoms with Gasteiger partial charge in [0.25, 0.3) is 0 Å². The van der Waals surface area contributed by atoms with Crippen LogP contribution < -0.4 is 5.32 Å². The number of nitrogens with one attached hydrogen (secondary N) is 1.